The van der Waals surface area contributed by atoms with E-state index in [4.69, 9.17) is 23.2 Å². The minimum Gasteiger partial charge on any atom is -0.511 e. The van der Waals surface area contributed by atoms with Crippen molar-refractivity contribution < 1.29 is 14.7 Å². The third-order valence-corrected chi connectivity index (χ3v) is 5.49. The summed E-state index contributed by atoms with van der Waals surface area (Å²) < 4.78 is 0. The summed E-state index contributed by atoms with van der Waals surface area (Å²) in [5.41, 5.74) is 0.838. The van der Waals surface area contributed by atoms with Gasteiger partial charge in [0.25, 0.3) is 0 Å². The number of benzene rings is 1. The Labute approximate surface area is 138 Å². The van der Waals surface area contributed by atoms with Crippen LogP contribution in [0.25, 0.3) is 0 Å². The van der Waals surface area contributed by atoms with Crippen LogP contribution in [0.15, 0.2) is 23.5 Å². The van der Waals surface area contributed by atoms with E-state index in [1.165, 1.54) is 6.07 Å². The molecule has 2 bridgehead atoms. The Morgan fingerprint density at radius 1 is 1.27 bits per heavy atom. The van der Waals surface area contributed by atoms with Gasteiger partial charge in [-0.05, 0) is 43.4 Å². The molecule has 0 saturated heterocycles. The highest BCUT2D eigenvalue weighted by molar-refractivity contribution is 6.40. The van der Waals surface area contributed by atoms with Crippen LogP contribution in [0.5, 0.6) is 0 Å². The maximum absolute atomic E-state index is 12.8. The van der Waals surface area contributed by atoms with Gasteiger partial charge in [-0.3, -0.25) is 9.59 Å². The summed E-state index contributed by atoms with van der Waals surface area (Å²) in [4.78, 5) is 25.2. The zero-order valence-electron chi connectivity index (χ0n) is 12.2. The first kappa shape index (κ1) is 15.6. The highest BCUT2D eigenvalue weighted by atomic mass is 35.5. The van der Waals surface area contributed by atoms with E-state index in [1.54, 1.807) is 6.07 Å². The predicted molar refractivity (Wildman–Crippen MR) is 85.7 cm³/mol. The molecule has 5 heteroatoms. The molecule has 0 heterocycles. The fraction of sp³-hybridized carbons (Fsp3) is 0.412. The zero-order chi connectivity index (χ0) is 16.0. The number of carbonyl (C=O) groups excluding carboxylic acids is 2. The van der Waals surface area contributed by atoms with Crippen molar-refractivity contribution >= 4 is 34.8 Å². The Morgan fingerprint density at radius 2 is 1.95 bits per heavy atom. The number of halogens is 2. The van der Waals surface area contributed by atoms with E-state index in [0.717, 1.165) is 12.8 Å². The first-order valence-corrected chi connectivity index (χ1v) is 8.20. The van der Waals surface area contributed by atoms with Crippen molar-refractivity contribution in [2.45, 2.75) is 32.6 Å². The number of ketones is 2. The Kier molecular flexibility index (Phi) is 4.04. The fourth-order valence-electron chi connectivity index (χ4n) is 3.46. The molecule has 22 heavy (non-hydrogen) atoms. The standard InChI is InChI=1S/C17H16Cl2O3/c1-2-10-12(18)6-5-11(14(10)19)17(22)13-15(20)8-3-4-9(7-8)16(13)21/h5-6,8-9,20H,2-4,7H2,1H3. The van der Waals surface area contributed by atoms with Gasteiger partial charge in [0.15, 0.2) is 5.78 Å². The van der Waals surface area contributed by atoms with Crippen LogP contribution in [-0.4, -0.2) is 16.7 Å². The average Bonchev–Trinajstić information content (AvgIpc) is 2.93. The lowest BCUT2D eigenvalue weighted by atomic mass is 9.83. The minimum atomic E-state index is -0.490. The van der Waals surface area contributed by atoms with Gasteiger partial charge in [-0.1, -0.05) is 30.1 Å². The third-order valence-electron chi connectivity index (χ3n) is 4.70. The monoisotopic (exact) mass is 338 g/mol. The molecular formula is C17H16Cl2O3. The number of rotatable bonds is 3. The summed E-state index contributed by atoms with van der Waals surface area (Å²) in [6, 6.07) is 3.13. The number of aliphatic hydroxyl groups is 1. The Hall–Kier alpha value is -1.32. The van der Waals surface area contributed by atoms with Crippen molar-refractivity contribution in [2.24, 2.45) is 11.8 Å². The molecule has 1 fully saturated rings. The van der Waals surface area contributed by atoms with Crippen molar-refractivity contribution in [3.8, 4) is 0 Å². The lowest BCUT2D eigenvalue weighted by Crippen LogP contribution is -2.27. The van der Waals surface area contributed by atoms with Crippen molar-refractivity contribution in [1.82, 2.24) is 0 Å². The SMILES string of the molecule is CCc1c(Cl)ccc(C(=O)C2=C(O)C3CCC(C3)C2=O)c1Cl. The smallest absolute Gasteiger partial charge is 0.201 e. The second-order valence-electron chi connectivity index (χ2n) is 5.90. The van der Waals surface area contributed by atoms with Crippen LogP contribution in [0.2, 0.25) is 10.0 Å². The topological polar surface area (TPSA) is 54.4 Å². The summed E-state index contributed by atoms with van der Waals surface area (Å²) in [6.45, 7) is 1.89. The molecule has 0 amide bonds. The molecule has 1 saturated carbocycles. The van der Waals surface area contributed by atoms with Crippen molar-refractivity contribution in [3.05, 3.63) is 44.6 Å². The number of carbonyl (C=O) groups is 2. The van der Waals surface area contributed by atoms with Gasteiger partial charge < -0.3 is 5.11 Å². The predicted octanol–water partition coefficient (Wildman–Crippen LogP) is 4.55. The normalized spacial score (nSPS) is 24.0. The number of Topliss-reactive ketones (excluding diaryl/α,β-unsaturated/α-hetero) is 2. The van der Waals surface area contributed by atoms with E-state index in [0.29, 0.717) is 23.4 Å². The first-order valence-electron chi connectivity index (χ1n) is 7.44. The van der Waals surface area contributed by atoms with Crippen LogP contribution >= 0.6 is 23.2 Å². The van der Waals surface area contributed by atoms with E-state index in [-0.39, 0.29) is 39.5 Å². The van der Waals surface area contributed by atoms with E-state index in [2.05, 4.69) is 0 Å². The molecule has 0 aromatic heterocycles. The molecule has 3 nitrogen and oxygen atoms in total. The summed E-state index contributed by atoms with van der Waals surface area (Å²) in [5, 5.41) is 11.1. The Bertz CT molecular complexity index is 706. The Balaban J connectivity index is 2.08. The molecular weight excluding hydrogens is 323 g/mol. The van der Waals surface area contributed by atoms with Crippen LogP contribution in [0.3, 0.4) is 0 Å². The molecule has 0 radical (unpaired) electrons. The number of hydrogen-bond donors (Lipinski definition) is 1. The second-order valence-corrected chi connectivity index (χ2v) is 6.69. The van der Waals surface area contributed by atoms with Gasteiger partial charge in [0.2, 0.25) is 5.78 Å². The van der Waals surface area contributed by atoms with E-state index < -0.39 is 5.78 Å². The minimum absolute atomic E-state index is 0.0622. The molecule has 3 rings (SSSR count). The van der Waals surface area contributed by atoms with Gasteiger partial charge in [-0.15, -0.1) is 0 Å². The quantitative estimate of drug-likeness (QED) is 0.649. The molecule has 0 spiro atoms. The summed E-state index contributed by atoms with van der Waals surface area (Å²) in [5.74, 6) is -1.02. The third kappa shape index (κ3) is 2.27. The van der Waals surface area contributed by atoms with Crippen LogP contribution < -0.4 is 0 Å². The Morgan fingerprint density at radius 3 is 2.64 bits per heavy atom. The van der Waals surface area contributed by atoms with Gasteiger partial charge in [0, 0.05) is 22.4 Å². The highest BCUT2D eigenvalue weighted by Gasteiger charge is 2.43. The van der Waals surface area contributed by atoms with Crippen molar-refractivity contribution in [1.29, 1.82) is 0 Å². The number of aliphatic hydroxyl groups excluding tert-OH is 1. The van der Waals surface area contributed by atoms with Gasteiger partial charge in [0.1, 0.15) is 11.3 Å². The van der Waals surface area contributed by atoms with Crippen LogP contribution in [0, 0.1) is 11.8 Å². The summed E-state index contributed by atoms with van der Waals surface area (Å²) >= 11 is 12.4. The number of allylic oxidation sites excluding steroid dienone is 2. The summed E-state index contributed by atoms with van der Waals surface area (Å²) in [7, 11) is 0. The van der Waals surface area contributed by atoms with E-state index in [1.807, 2.05) is 6.92 Å². The fourth-order valence-corrected chi connectivity index (χ4v) is 4.19. The highest BCUT2D eigenvalue weighted by Crippen LogP contribution is 2.43. The zero-order valence-corrected chi connectivity index (χ0v) is 13.7. The van der Waals surface area contributed by atoms with E-state index >= 15 is 0 Å². The van der Waals surface area contributed by atoms with E-state index in [9.17, 15) is 14.7 Å². The van der Waals surface area contributed by atoms with Crippen LogP contribution in [-0.2, 0) is 11.2 Å². The second kappa shape index (κ2) is 5.71. The average molecular weight is 339 g/mol. The first-order chi connectivity index (χ1) is 10.5. The van der Waals surface area contributed by atoms with Crippen LogP contribution in [0.1, 0.15) is 42.1 Å². The molecule has 2 aliphatic rings. The van der Waals surface area contributed by atoms with Gasteiger partial charge in [-0.25, -0.2) is 0 Å². The maximum atomic E-state index is 12.8. The lowest BCUT2D eigenvalue weighted by Gasteiger charge is -2.21. The molecule has 2 aliphatic carbocycles. The lowest BCUT2D eigenvalue weighted by molar-refractivity contribution is -0.119. The van der Waals surface area contributed by atoms with Gasteiger partial charge >= 0.3 is 0 Å². The van der Waals surface area contributed by atoms with Gasteiger partial charge in [-0.2, -0.15) is 0 Å². The molecule has 1 N–H and O–H groups in total. The largest absolute Gasteiger partial charge is 0.511 e. The van der Waals surface area contributed by atoms with Crippen LogP contribution in [0.4, 0.5) is 0 Å². The van der Waals surface area contributed by atoms with Crippen molar-refractivity contribution in [3.63, 3.8) is 0 Å². The molecule has 1 aromatic carbocycles. The van der Waals surface area contributed by atoms with Crippen molar-refractivity contribution in [2.75, 3.05) is 0 Å². The molecule has 116 valence electrons. The molecule has 0 aliphatic heterocycles. The molecule has 2 unspecified atom stereocenters. The molecule has 2 atom stereocenters. The summed E-state index contributed by atoms with van der Waals surface area (Å²) in [6.07, 6.45) is 2.73. The van der Waals surface area contributed by atoms with Gasteiger partial charge in [0.05, 0.1) is 5.02 Å². The number of fused-ring (bicyclic) bond motifs is 2. The number of hydrogen-bond acceptors (Lipinski definition) is 3. The maximum Gasteiger partial charge on any atom is 0.201 e. The molecule has 1 aromatic rings.